The number of thiol groups is 1. The maximum Gasteiger partial charge on any atom is 0.00399 e. The Morgan fingerprint density at radius 3 is 1.17 bits per heavy atom. The molecule has 0 aromatic heterocycles. The van der Waals surface area contributed by atoms with Crippen LogP contribution in [-0.4, -0.2) is 0 Å². The largest absolute Gasteiger partial charge is 0.143 e. The summed E-state index contributed by atoms with van der Waals surface area (Å²) in [5.74, 6) is 0. The van der Waals surface area contributed by atoms with Crippen LogP contribution in [0.3, 0.4) is 0 Å². The summed E-state index contributed by atoms with van der Waals surface area (Å²) >= 11 is 4.08. The van der Waals surface area contributed by atoms with Gasteiger partial charge in [0.15, 0.2) is 0 Å². The van der Waals surface area contributed by atoms with Crippen LogP contribution in [0.25, 0.3) is 0 Å². The quantitative estimate of drug-likeness (QED) is 0.279. The van der Waals surface area contributed by atoms with Crippen molar-refractivity contribution >= 4 is 133 Å². The van der Waals surface area contributed by atoms with Gasteiger partial charge in [0.25, 0.3) is 0 Å². The van der Waals surface area contributed by atoms with Gasteiger partial charge in [-0.25, -0.2) is 0 Å². The molecule has 0 saturated carbocycles. The van der Waals surface area contributed by atoms with Crippen molar-refractivity contribution in [1.82, 2.24) is 0 Å². The lowest BCUT2D eigenvalue weighted by Gasteiger charge is -1.81. The number of halogens is 5. The predicted octanol–water partition coefficient (Wildman–Crippen LogP) is 5.07. The van der Waals surface area contributed by atoms with Crippen LogP contribution >= 0.6 is 133 Å². The molecule has 1 rings (SSSR count). The third-order valence-electron chi connectivity index (χ3n) is 0.756. The highest BCUT2D eigenvalue weighted by Gasteiger charge is 1.73. The second-order valence-electron chi connectivity index (χ2n) is 1.34. The third kappa shape index (κ3) is 15.7. The van der Waals surface area contributed by atoms with E-state index < -0.39 is 0 Å². The minimum atomic E-state index is 0. The van der Waals surface area contributed by atoms with E-state index in [9.17, 15) is 0 Å². The lowest BCUT2D eigenvalue weighted by atomic mass is 10.4. The second-order valence-corrected chi connectivity index (χ2v) is 1.85. The van der Waals surface area contributed by atoms with Gasteiger partial charge in [0.1, 0.15) is 0 Å². The highest BCUT2D eigenvalue weighted by atomic mass is 127. The molecule has 0 heterocycles. The molecule has 0 radical (unpaired) electrons. The first-order valence-corrected chi connectivity index (χ1v) is 2.58. The maximum atomic E-state index is 4.08. The van der Waals surface area contributed by atoms with Crippen molar-refractivity contribution in [2.45, 2.75) is 4.90 Å². The van der Waals surface area contributed by atoms with Gasteiger partial charge in [-0.2, -0.15) is 0 Å². The van der Waals surface area contributed by atoms with Gasteiger partial charge in [-0.05, 0) is 12.1 Å². The Morgan fingerprint density at radius 1 is 0.667 bits per heavy atom. The monoisotopic (exact) mass is 750 g/mol. The van der Waals surface area contributed by atoms with E-state index in [-0.39, 0.29) is 120 Å². The first-order chi connectivity index (χ1) is 3.39. The van der Waals surface area contributed by atoms with E-state index in [4.69, 9.17) is 0 Å². The van der Waals surface area contributed by atoms with Crippen LogP contribution in [0.1, 0.15) is 0 Å². The van der Waals surface area contributed by atoms with Crippen molar-refractivity contribution in [1.29, 1.82) is 0 Å². The Morgan fingerprint density at radius 2 is 1.00 bits per heavy atom. The van der Waals surface area contributed by atoms with Crippen molar-refractivity contribution < 1.29 is 0 Å². The molecule has 0 spiro atoms. The van der Waals surface area contributed by atoms with E-state index in [0.717, 1.165) is 4.90 Å². The SMILES string of the molecule is I.I.I.I.I.Sc1ccccc1. The fourth-order valence-electron chi connectivity index (χ4n) is 0.428. The summed E-state index contributed by atoms with van der Waals surface area (Å²) in [5, 5.41) is 0. The standard InChI is InChI=1S/C6H6S.5HI/c7-6-4-2-1-3-5-6;;;;;/h1-5,7H;5*1H. The number of rotatable bonds is 0. The predicted molar refractivity (Wildman–Crippen MR) is 111 cm³/mol. The molecule has 0 atom stereocenters. The molecule has 0 aliphatic heterocycles. The number of hydrogen-bond acceptors (Lipinski definition) is 1. The summed E-state index contributed by atoms with van der Waals surface area (Å²) in [7, 11) is 0. The van der Waals surface area contributed by atoms with E-state index in [0.29, 0.717) is 0 Å². The normalized spacial score (nSPS) is 5.08. The maximum absolute atomic E-state index is 4.08. The molecule has 1 aromatic rings. The van der Waals surface area contributed by atoms with Gasteiger partial charge >= 0.3 is 0 Å². The Kier molecular flexibility index (Phi) is 48.5. The topological polar surface area (TPSA) is 0 Å². The van der Waals surface area contributed by atoms with E-state index in [1.54, 1.807) is 0 Å². The van der Waals surface area contributed by atoms with Gasteiger partial charge < -0.3 is 0 Å². The van der Waals surface area contributed by atoms with Crippen molar-refractivity contribution in [3.8, 4) is 0 Å². The molecule has 1 aromatic carbocycles. The molecule has 6 heteroatoms. The van der Waals surface area contributed by atoms with E-state index >= 15 is 0 Å². The average molecular weight is 750 g/mol. The summed E-state index contributed by atoms with van der Waals surface area (Å²) < 4.78 is 0. The molecule has 0 saturated heterocycles. The summed E-state index contributed by atoms with van der Waals surface area (Å²) in [5.41, 5.74) is 0. The molecule has 0 N–H and O–H groups in total. The van der Waals surface area contributed by atoms with Crippen molar-refractivity contribution in [2.75, 3.05) is 0 Å². The molecule has 0 amide bonds. The Bertz CT molecular complexity index is 146. The van der Waals surface area contributed by atoms with E-state index in [2.05, 4.69) is 12.6 Å². The summed E-state index contributed by atoms with van der Waals surface area (Å²) in [6, 6.07) is 9.79. The fraction of sp³-hybridized carbons (Fsp3) is 0. The Labute approximate surface area is 164 Å². The van der Waals surface area contributed by atoms with E-state index in [1.807, 2.05) is 30.3 Å². The molecule has 12 heavy (non-hydrogen) atoms. The van der Waals surface area contributed by atoms with Crippen LogP contribution in [0.15, 0.2) is 35.2 Å². The smallest absolute Gasteiger partial charge is 0.00399 e. The molecule has 0 bridgehead atoms. The molecular formula is C6H11I5S. The molecule has 0 aliphatic carbocycles. The average Bonchev–Trinajstić information content (AvgIpc) is 1.69. The van der Waals surface area contributed by atoms with Crippen LogP contribution in [-0.2, 0) is 0 Å². The molecule has 0 aliphatic rings. The first kappa shape index (κ1) is 29.5. The van der Waals surface area contributed by atoms with Gasteiger partial charge in [0.05, 0.1) is 0 Å². The second kappa shape index (κ2) is 19.7. The molecule has 76 valence electrons. The van der Waals surface area contributed by atoms with Gasteiger partial charge in [0.2, 0.25) is 0 Å². The molecule has 0 nitrogen and oxygen atoms in total. The summed E-state index contributed by atoms with van der Waals surface area (Å²) in [6.45, 7) is 0. The number of hydrogen-bond donors (Lipinski definition) is 1. The van der Waals surface area contributed by atoms with Crippen LogP contribution in [0.4, 0.5) is 0 Å². The van der Waals surface area contributed by atoms with Gasteiger partial charge in [-0.3, -0.25) is 0 Å². The minimum absolute atomic E-state index is 0. The first-order valence-electron chi connectivity index (χ1n) is 2.13. The van der Waals surface area contributed by atoms with Gasteiger partial charge in [-0.15, -0.1) is 133 Å². The molecule has 0 fully saturated rings. The lowest BCUT2D eigenvalue weighted by Crippen LogP contribution is -1.56. The zero-order valence-corrected chi connectivity index (χ0v) is 18.4. The zero-order chi connectivity index (χ0) is 5.11. The van der Waals surface area contributed by atoms with Crippen LogP contribution in [0.5, 0.6) is 0 Å². The third-order valence-corrected chi connectivity index (χ3v) is 1.05. The van der Waals surface area contributed by atoms with Gasteiger partial charge in [0, 0.05) is 4.90 Å². The highest BCUT2D eigenvalue weighted by molar-refractivity contribution is 14.0. The van der Waals surface area contributed by atoms with Crippen molar-refractivity contribution in [2.24, 2.45) is 0 Å². The van der Waals surface area contributed by atoms with Crippen LogP contribution in [0, 0.1) is 0 Å². The zero-order valence-electron chi connectivity index (χ0n) is 5.88. The Hall–Kier alpha value is 3.22. The van der Waals surface area contributed by atoms with Crippen molar-refractivity contribution in [3.05, 3.63) is 30.3 Å². The van der Waals surface area contributed by atoms with Crippen LogP contribution in [0.2, 0.25) is 0 Å². The molecule has 0 unspecified atom stereocenters. The lowest BCUT2D eigenvalue weighted by molar-refractivity contribution is 1.48. The minimum Gasteiger partial charge on any atom is -0.143 e. The highest BCUT2D eigenvalue weighted by Crippen LogP contribution is 2.00. The summed E-state index contributed by atoms with van der Waals surface area (Å²) in [6.07, 6.45) is 0. The van der Waals surface area contributed by atoms with E-state index in [1.165, 1.54) is 0 Å². The summed E-state index contributed by atoms with van der Waals surface area (Å²) in [4.78, 5) is 1.02. The van der Waals surface area contributed by atoms with Crippen molar-refractivity contribution in [3.63, 3.8) is 0 Å². The molecular weight excluding hydrogens is 739 g/mol. The fourth-order valence-corrected chi connectivity index (χ4v) is 0.600. The Balaban J connectivity index is -0.0000000327. The van der Waals surface area contributed by atoms with Gasteiger partial charge in [-0.1, -0.05) is 18.2 Å². The van der Waals surface area contributed by atoms with Crippen LogP contribution < -0.4 is 0 Å². The number of benzene rings is 1.